The maximum Gasteiger partial charge on any atom is 0.225 e. The molecule has 0 radical (unpaired) electrons. The van der Waals surface area contributed by atoms with Crippen LogP contribution in [0.2, 0.25) is 0 Å². The Morgan fingerprint density at radius 1 is 1.21 bits per heavy atom. The van der Waals surface area contributed by atoms with Gasteiger partial charge in [0.15, 0.2) is 5.65 Å². The number of hydrogen-bond donors (Lipinski definition) is 2. The van der Waals surface area contributed by atoms with Crippen LogP contribution in [0.3, 0.4) is 0 Å². The van der Waals surface area contributed by atoms with Crippen molar-refractivity contribution in [2.24, 2.45) is 0 Å². The Morgan fingerprint density at radius 2 is 2.07 bits per heavy atom. The lowest BCUT2D eigenvalue weighted by molar-refractivity contribution is 0.260. The lowest BCUT2D eigenvalue weighted by Gasteiger charge is -2.30. The quantitative estimate of drug-likeness (QED) is 0.726. The molecule has 1 aliphatic heterocycles. The van der Waals surface area contributed by atoms with E-state index in [1.165, 1.54) is 24.8 Å². The van der Waals surface area contributed by atoms with E-state index in [1.54, 1.807) is 10.9 Å². The number of rotatable bonds is 4. The molecule has 1 aliphatic carbocycles. The van der Waals surface area contributed by atoms with E-state index in [2.05, 4.69) is 38.4 Å². The third-order valence-corrected chi connectivity index (χ3v) is 5.80. The van der Waals surface area contributed by atoms with Gasteiger partial charge in [-0.05, 0) is 69.3 Å². The molecule has 7 heteroatoms. The molecule has 3 aromatic rings. The fourth-order valence-electron chi connectivity index (χ4n) is 4.21. The van der Waals surface area contributed by atoms with E-state index in [4.69, 9.17) is 0 Å². The number of fused-ring (bicyclic) bond motifs is 1. The maximum atomic E-state index is 10.6. The Hall–Kier alpha value is -2.67. The number of aromatic hydroxyl groups is 1. The molecule has 5 rings (SSSR count). The Morgan fingerprint density at radius 3 is 2.82 bits per heavy atom. The number of nitrogens with zero attached hydrogens (tertiary/aromatic N) is 5. The van der Waals surface area contributed by atoms with Gasteiger partial charge in [-0.2, -0.15) is 4.98 Å². The average molecular weight is 378 g/mol. The summed E-state index contributed by atoms with van der Waals surface area (Å²) in [6, 6.07) is 4.40. The van der Waals surface area contributed by atoms with Crippen molar-refractivity contribution >= 4 is 17.0 Å². The van der Waals surface area contributed by atoms with Gasteiger partial charge in [0, 0.05) is 25.0 Å². The molecule has 2 aromatic heterocycles. The monoisotopic (exact) mass is 378 g/mol. The number of phenolic OH excluding ortho intramolecular Hbond substituents is 1. The Labute approximate surface area is 164 Å². The summed E-state index contributed by atoms with van der Waals surface area (Å²) in [4.78, 5) is 11.4. The highest BCUT2D eigenvalue weighted by atomic mass is 16.3. The zero-order valence-corrected chi connectivity index (χ0v) is 16.4. The summed E-state index contributed by atoms with van der Waals surface area (Å²) in [7, 11) is 2.14. The van der Waals surface area contributed by atoms with Crippen LogP contribution in [-0.4, -0.2) is 55.9 Å². The van der Waals surface area contributed by atoms with E-state index in [9.17, 15) is 5.11 Å². The highest BCUT2D eigenvalue weighted by Gasteiger charge is 2.25. The van der Waals surface area contributed by atoms with Gasteiger partial charge in [0.1, 0.15) is 11.4 Å². The lowest BCUT2D eigenvalue weighted by atomic mass is 10.1. The number of piperidine rings is 1. The van der Waals surface area contributed by atoms with Gasteiger partial charge in [-0.15, -0.1) is 5.10 Å². The number of likely N-dealkylation sites (tertiary alicyclic amines) is 1. The molecule has 2 N–H and O–H groups in total. The largest absolute Gasteiger partial charge is 0.506 e. The fourth-order valence-corrected chi connectivity index (χ4v) is 4.21. The highest BCUT2D eigenvalue weighted by Crippen LogP contribution is 2.43. The molecule has 1 aromatic carbocycles. The van der Waals surface area contributed by atoms with Crippen molar-refractivity contribution < 1.29 is 5.11 Å². The van der Waals surface area contributed by atoms with Crippen LogP contribution in [0.15, 0.2) is 24.5 Å². The average Bonchev–Trinajstić information content (AvgIpc) is 3.41. The minimum absolute atomic E-state index is 0.270. The molecule has 1 saturated carbocycles. The molecular weight excluding hydrogens is 352 g/mol. The van der Waals surface area contributed by atoms with Crippen molar-refractivity contribution in [3.63, 3.8) is 0 Å². The number of hydrogen-bond acceptors (Lipinski definition) is 6. The first-order valence-corrected chi connectivity index (χ1v) is 10.1. The van der Waals surface area contributed by atoms with E-state index in [-0.39, 0.29) is 5.75 Å². The minimum atomic E-state index is 0.270. The van der Waals surface area contributed by atoms with E-state index < -0.39 is 0 Å². The van der Waals surface area contributed by atoms with Gasteiger partial charge in [-0.3, -0.25) is 0 Å². The Balaban J connectivity index is 1.44. The van der Waals surface area contributed by atoms with Crippen molar-refractivity contribution in [1.29, 1.82) is 0 Å². The first kappa shape index (κ1) is 17.4. The first-order valence-electron chi connectivity index (χ1n) is 10.1. The van der Waals surface area contributed by atoms with E-state index in [1.807, 2.05) is 19.2 Å². The summed E-state index contributed by atoms with van der Waals surface area (Å²) in [6.45, 7) is 4.16. The zero-order chi connectivity index (χ0) is 19.3. The maximum absolute atomic E-state index is 10.6. The molecule has 0 spiro atoms. The van der Waals surface area contributed by atoms with E-state index >= 15 is 0 Å². The second-order valence-electron chi connectivity index (χ2n) is 8.27. The summed E-state index contributed by atoms with van der Waals surface area (Å²) in [6.07, 6.45) is 8.41. The van der Waals surface area contributed by atoms with Crippen molar-refractivity contribution in [2.75, 3.05) is 25.5 Å². The number of likely N-dealkylation sites (N-methyl/N-ethyl adjacent to an activating group) is 1. The van der Waals surface area contributed by atoms with Crippen LogP contribution >= 0.6 is 0 Å². The van der Waals surface area contributed by atoms with Crippen molar-refractivity contribution in [2.45, 2.75) is 44.6 Å². The van der Waals surface area contributed by atoms with Gasteiger partial charge in [0.2, 0.25) is 5.95 Å². The number of anilines is 1. The molecule has 1 saturated heterocycles. The van der Waals surface area contributed by atoms with Crippen molar-refractivity contribution in [3.8, 4) is 11.4 Å². The third-order valence-electron chi connectivity index (χ3n) is 5.80. The zero-order valence-electron chi connectivity index (χ0n) is 16.4. The molecule has 0 amide bonds. The standard InChI is InChI=1S/C21H26N6O/c1-13-8-15(14-5-6-14)9-18(28)19(13)27-11-16-10-22-21(24-20(16)25-27)23-17-4-3-7-26(2)12-17/h8-11,14,17,28H,3-7,12H2,1-2H3,(H,23,24,25)/t17-/m1/s1. The second kappa shape index (κ2) is 6.74. The van der Waals surface area contributed by atoms with Crippen LogP contribution < -0.4 is 5.32 Å². The highest BCUT2D eigenvalue weighted by molar-refractivity contribution is 5.75. The smallest absolute Gasteiger partial charge is 0.225 e. The Kier molecular flexibility index (Phi) is 4.19. The van der Waals surface area contributed by atoms with Crippen LogP contribution in [-0.2, 0) is 0 Å². The normalized spacial score (nSPS) is 20.6. The number of aryl methyl sites for hydroxylation is 1. The summed E-state index contributed by atoms with van der Waals surface area (Å²) in [5, 5.41) is 19.5. The molecule has 146 valence electrons. The summed E-state index contributed by atoms with van der Waals surface area (Å²) in [5.41, 5.74) is 3.59. The molecule has 28 heavy (non-hydrogen) atoms. The summed E-state index contributed by atoms with van der Waals surface area (Å²) < 4.78 is 1.72. The number of benzene rings is 1. The van der Waals surface area contributed by atoms with Gasteiger partial charge in [0.05, 0.1) is 5.39 Å². The molecule has 0 bridgehead atoms. The summed E-state index contributed by atoms with van der Waals surface area (Å²) >= 11 is 0. The van der Waals surface area contributed by atoms with E-state index in [0.717, 1.165) is 30.5 Å². The number of phenols is 1. The van der Waals surface area contributed by atoms with Crippen molar-refractivity contribution in [3.05, 3.63) is 35.7 Å². The Bertz CT molecular complexity index is 1000. The predicted molar refractivity (Wildman–Crippen MR) is 109 cm³/mol. The molecule has 7 nitrogen and oxygen atoms in total. The van der Waals surface area contributed by atoms with Crippen molar-refractivity contribution in [1.82, 2.24) is 24.6 Å². The SMILES string of the molecule is Cc1cc(C2CC2)cc(O)c1-n1cc2cnc(N[C@@H]3CCCN(C)C3)nc2n1. The van der Waals surface area contributed by atoms with Crippen LogP contribution in [0.25, 0.3) is 16.7 Å². The molecule has 2 fully saturated rings. The first-order chi connectivity index (χ1) is 13.6. The molecule has 1 atom stereocenters. The fraction of sp³-hybridized carbons (Fsp3) is 0.476. The molecule has 0 unspecified atom stereocenters. The topological polar surface area (TPSA) is 79.1 Å². The molecule has 3 heterocycles. The van der Waals surface area contributed by atoms with Crippen LogP contribution in [0.5, 0.6) is 5.75 Å². The number of nitrogens with one attached hydrogen (secondary N) is 1. The third kappa shape index (κ3) is 3.30. The second-order valence-corrected chi connectivity index (χ2v) is 8.27. The summed E-state index contributed by atoms with van der Waals surface area (Å²) in [5.74, 6) is 1.49. The van der Waals surface area contributed by atoms with Gasteiger partial charge >= 0.3 is 0 Å². The van der Waals surface area contributed by atoms with Gasteiger partial charge in [-0.25, -0.2) is 9.67 Å². The van der Waals surface area contributed by atoms with Crippen LogP contribution in [0.4, 0.5) is 5.95 Å². The van der Waals surface area contributed by atoms with Crippen LogP contribution in [0.1, 0.15) is 42.7 Å². The van der Waals surface area contributed by atoms with Gasteiger partial charge in [-0.1, -0.05) is 6.07 Å². The van der Waals surface area contributed by atoms with Crippen LogP contribution in [0, 0.1) is 6.92 Å². The van der Waals surface area contributed by atoms with Gasteiger partial charge in [0.25, 0.3) is 0 Å². The lowest BCUT2D eigenvalue weighted by Crippen LogP contribution is -2.40. The predicted octanol–water partition coefficient (Wildman–Crippen LogP) is 3.21. The molecule has 2 aliphatic rings. The van der Waals surface area contributed by atoms with Gasteiger partial charge < -0.3 is 15.3 Å². The van der Waals surface area contributed by atoms with E-state index in [0.29, 0.717) is 29.2 Å². The minimum Gasteiger partial charge on any atom is -0.506 e. The molecular formula is C21H26N6O. The number of aromatic nitrogens is 4.